The van der Waals surface area contributed by atoms with E-state index >= 15 is 0 Å². The summed E-state index contributed by atoms with van der Waals surface area (Å²) < 4.78 is 0.838. The van der Waals surface area contributed by atoms with Gasteiger partial charge in [-0.3, -0.25) is 5.10 Å². The average molecular weight is 286 g/mol. The molecule has 0 unspecified atom stereocenters. The van der Waals surface area contributed by atoms with Crippen molar-refractivity contribution >= 4 is 22.6 Å². The van der Waals surface area contributed by atoms with E-state index in [1.54, 1.807) is 12.3 Å². The van der Waals surface area contributed by atoms with Gasteiger partial charge in [0, 0.05) is 11.8 Å². The summed E-state index contributed by atoms with van der Waals surface area (Å²) in [5.74, 6) is 0.309. The van der Waals surface area contributed by atoms with Crippen molar-refractivity contribution in [3.8, 4) is 17.0 Å². The molecule has 0 saturated carbocycles. The number of aromatic hydroxyl groups is 1. The van der Waals surface area contributed by atoms with Crippen LogP contribution in [-0.4, -0.2) is 15.3 Å². The van der Waals surface area contributed by atoms with Crippen molar-refractivity contribution in [3.63, 3.8) is 0 Å². The molecule has 13 heavy (non-hydrogen) atoms. The lowest BCUT2D eigenvalue weighted by molar-refractivity contribution is 0.471. The van der Waals surface area contributed by atoms with Crippen LogP contribution in [0.1, 0.15) is 0 Å². The second-order valence-electron chi connectivity index (χ2n) is 2.64. The van der Waals surface area contributed by atoms with Crippen molar-refractivity contribution in [2.45, 2.75) is 0 Å². The summed E-state index contributed by atoms with van der Waals surface area (Å²) in [7, 11) is 0. The van der Waals surface area contributed by atoms with Gasteiger partial charge in [0.25, 0.3) is 0 Å². The smallest absolute Gasteiger partial charge is 0.128 e. The number of nitrogens with zero attached hydrogens (tertiary/aromatic N) is 1. The number of hydrogen-bond acceptors (Lipinski definition) is 2. The summed E-state index contributed by atoms with van der Waals surface area (Å²) in [6.07, 6.45) is 1.70. The lowest BCUT2D eigenvalue weighted by Crippen LogP contribution is -1.80. The van der Waals surface area contributed by atoms with Crippen molar-refractivity contribution in [1.82, 2.24) is 10.2 Å². The molecule has 4 heteroatoms. The predicted molar refractivity (Wildman–Crippen MR) is 58.4 cm³/mol. The molecule has 0 fully saturated rings. The molecular formula is C9H7IN2O. The SMILES string of the molecule is Oc1ccc(-c2ccn[nH]2)cc1I. The number of phenols is 1. The largest absolute Gasteiger partial charge is 0.507 e. The molecule has 0 atom stereocenters. The molecule has 2 rings (SSSR count). The molecule has 1 heterocycles. The third-order valence-electron chi connectivity index (χ3n) is 1.76. The lowest BCUT2D eigenvalue weighted by atomic mass is 10.1. The summed E-state index contributed by atoms with van der Waals surface area (Å²) in [4.78, 5) is 0. The van der Waals surface area contributed by atoms with Crippen LogP contribution in [0.15, 0.2) is 30.5 Å². The van der Waals surface area contributed by atoms with E-state index in [-0.39, 0.29) is 0 Å². The van der Waals surface area contributed by atoms with Crippen molar-refractivity contribution < 1.29 is 5.11 Å². The van der Waals surface area contributed by atoms with E-state index in [9.17, 15) is 5.11 Å². The maximum atomic E-state index is 9.31. The Balaban J connectivity index is 2.49. The van der Waals surface area contributed by atoms with Crippen molar-refractivity contribution in [3.05, 3.63) is 34.0 Å². The normalized spacial score (nSPS) is 10.2. The first-order valence-electron chi connectivity index (χ1n) is 3.75. The van der Waals surface area contributed by atoms with Crippen LogP contribution in [0.4, 0.5) is 0 Å². The Kier molecular flexibility index (Phi) is 2.22. The molecule has 0 amide bonds. The van der Waals surface area contributed by atoms with E-state index in [2.05, 4.69) is 32.8 Å². The molecule has 1 aromatic carbocycles. The van der Waals surface area contributed by atoms with Crippen LogP contribution in [0.3, 0.4) is 0 Å². The van der Waals surface area contributed by atoms with Gasteiger partial charge in [-0.25, -0.2) is 0 Å². The van der Waals surface area contributed by atoms with E-state index in [4.69, 9.17) is 0 Å². The molecule has 0 aliphatic rings. The average Bonchev–Trinajstić information content (AvgIpc) is 2.62. The van der Waals surface area contributed by atoms with Crippen LogP contribution in [-0.2, 0) is 0 Å². The molecule has 0 aliphatic carbocycles. The van der Waals surface area contributed by atoms with E-state index < -0.39 is 0 Å². The van der Waals surface area contributed by atoms with Crippen molar-refractivity contribution in [1.29, 1.82) is 0 Å². The maximum absolute atomic E-state index is 9.31. The monoisotopic (exact) mass is 286 g/mol. The Morgan fingerprint density at radius 3 is 2.77 bits per heavy atom. The Labute approximate surface area is 88.9 Å². The van der Waals surface area contributed by atoms with Crippen molar-refractivity contribution in [2.75, 3.05) is 0 Å². The summed E-state index contributed by atoms with van der Waals surface area (Å²) >= 11 is 2.09. The molecule has 0 aliphatic heterocycles. The highest BCUT2D eigenvalue weighted by atomic mass is 127. The van der Waals surface area contributed by atoms with Gasteiger partial charge >= 0.3 is 0 Å². The second-order valence-corrected chi connectivity index (χ2v) is 3.80. The molecular weight excluding hydrogens is 279 g/mol. The Hall–Kier alpha value is -1.04. The zero-order chi connectivity index (χ0) is 9.26. The number of aromatic amines is 1. The van der Waals surface area contributed by atoms with Gasteiger partial charge in [0.1, 0.15) is 5.75 Å². The van der Waals surface area contributed by atoms with Gasteiger partial charge in [-0.15, -0.1) is 0 Å². The third-order valence-corrected chi connectivity index (χ3v) is 2.62. The highest BCUT2D eigenvalue weighted by Gasteiger charge is 2.02. The first-order valence-corrected chi connectivity index (χ1v) is 4.83. The molecule has 1 aromatic heterocycles. The third kappa shape index (κ3) is 1.67. The molecule has 2 N–H and O–H groups in total. The van der Waals surface area contributed by atoms with Crippen LogP contribution in [0.25, 0.3) is 11.3 Å². The van der Waals surface area contributed by atoms with Crippen LogP contribution < -0.4 is 0 Å². The standard InChI is InChI=1S/C9H7IN2O/c10-7-5-6(1-2-9(7)13)8-3-4-11-12-8/h1-5,13H,(H,11,12). The number of hydrogen-bond donors (Lipinski definition) is 2. The minimum Gasteiger partial charge on any atom is -0.507 e. The van der Waals surface area contributed by atoms with Crippen LogP contribution in [0, 0.1) is 3.57 Å². The number of aromatic nitrogens is 2. The van der Waals surface area contributed by atoms with Crippen LogP contribution in [0.5, 0.6) is 5.75 Å². The molecule has 2 aromatic rings. The molecule has 0 saturated heterocycles. The fraction of sp³-hybridized carbons (Fsp3) is 0. The number of halogens is 1. The van der Waals surface area contributed by atoms with E-state index in [1.165, 1.54) is 0 Å². The van der Waals surface area contributed by atoms with Crippen LogP contribution in [0.2, 0.25) is 0 Å². The van der Waals surface area contributed by atoms with Gasteiger partial charge in [0.2, 0.25) is 0 Å². The minimum atomic E-state index is 0.309. The number of phenolic OH excluding ortho intramolecular Hbond substituents is 1. The quantitative estimate of drug-likeness (QED) is 0.791. The fourth-order valence-corrected chi connectivity index (χ4v) is 1.61. The number of benzene rings is 1. The van der Waals surface area contributed by atoms with Crippen LogP contribution >= 0.6 is 22.6 Å². The van der Waals surface area contributed by atoms with E-state index in [1.807, 2.05) is 18.2 Å². The summed E-state index contributed by atoms with van der Waals surface area (Å²) in [5, 5.41) is 16.0. The first kappa shape index (κ1) is 8.55. The number of rotatable bonds is 1. The topological polar surface area (TPSA) is 48.9 Å². The highest BCUT2D eigenvalue weighted by molar-refractivity contribution is 14.1. The lowest BCUT2D eigenvalue weighted by Gasteiger charge is -2.00. The predicted octanol–water partition coefficient (Wildman–Crippen LogP) is 2.39. The summed E-state index contributed by atoms with van der Waals surface area (Å²) in [5.41, 5.74) is 1.98. The Bertz CT molecular complexity index is 412. The zero-order valence-electron chi connectivity index (χ0n) is 6.66. The van der Waals surface area contributed by atoms with E-state index in [0.29, 0.717) is 5.75 Å². The fourth-order valence-electron chi connectivity index (χ4n) is 1.09. The maximum Gasteiger partial charge on any atom is 0.128 e. The molecule has 0 bridgehead atoms. The van der Waals surface area contributed by atoms with Crippen molar-refractivity contribution in [2.24, 2.45) is 0 Å². The molecule has 66 valence electrons. The van der Waals surface area contributed by atoms with Gasteiger partial charge in [0.15, 0.2) is 0 Å². The van der Waals surface area contributed by atoms with Gasteiger partial charge in [-0.1, -0.05) is 0 Å². The second kappa shape index (κ2) is 3.37. The zero-order valence-corrected chi connectivity index (χ0v) is 8.82. The first-order chi connectivity index (χ1) is 6.27. The Morgan fingerprint density at radius 1 is 1.31 bits per heavy atom. The number of nitrogens with one attached hydrogen (secondary N) is 1. The summed E-state index contributed by atoms with van der Waals surface area (Å²) in [6, 6.07) is 7.33. The molecule has 0 radical (unpaired) electrons. The Morgan fingerprint density at radius 2 is 2.15 bits per heavy atom. The molecule has 3 nitrogen and oxygen atoms in total. The number of H-pyrrole nitrogens is 1. The van der Waals surface area contributed by atoms with Gasteiger partial charge in [-0.05, 0) is 46.9 Å². The summed E-state index contributed by atoms with van der Waals surface area (Å²) in [6.45, 7) is 0. The highest BCUT2D eigenvalue weighted by Crippen LogP contribution is 2.25. The van der Waals surface area contributed by atoms with Gasteiger partial charge in [-0.2, -0.15) is 5.10 Å². The van der Waals surface area contributed by atoms with Gasteiger partial charge in [0.05, 0.1) is 9.26 Å². The van der Waals surface area contributed by atoms with E-state index in [0.717, 1.165) is 14.8 Å². The molecule has 0 spiro atoms. The van der Waals surface area contributed by atoms with Gasteiger partial charge < -0.3 is 5.11 Å². The minimum absolute atomic E-state index is 0.309.